The number of anilines is 1. The minimum absolute atomic E-state index is 0.0862. The SMILES string of the molecule is CCOC(=O)[C@H]1CCCN(C(=O)N2C[C@@H](N(Cc3cc(C(F)(F)F)cc(C(F)(F)F)c3)c3ncc(-c4cnn(C)c4)cn3)C[C@H]2CC)C1. The normalized spacial score (nSPS) is 20.2. The van der Waals surface area contributed by atoms with Gasteiger partial charge < -0.3 is 19.4 Å². The number of amides is 2. The van der Waals surface area contributed by atoms with Crippen LogP contribution in [-0.2, 0) is 35.5 Å². The highest BCUT2D eigenvalue weighted by molar-refractivity contribution is 5.78. The number of ether oxygens (including phenoxy) is 1. The van der Waals surface area contributed by atoms with Crippen LogP contribution in [0.5, 0.6) is 0 Å². The Morgan fingerprint density at radius 3 is 2.19 bits per heavy atom. The molecule has 0 unspecified atom stereocenters. The number of alkyl halides is 6. The molecule has 0 radical (unpaired) electrons. The maximum atomic E-state index is 13.9. The fourth-order valence-corrected chi connectivity index (χ4v) is 6.38. The lowest BCUT2D eigenvalue weighted by atomic mass is 9.98. The number of aromatic nitrogens is 4. The van der Waals surface area contributed by atoms with Crippen LogP contribution in [-0.4, -0.2) is 79.9 Å². The van der Waals surface area contributed by atoms with Gasteiger partial charge in [-0.05, 0) is 56.4 Å². The predicted octanol–water partition coefficient (Wildman–Crippen LogP) is 6.17. The number of urea groups is 1. The first-order chi connectivity index (χ1) is 22.7. The van der Waals surface area contributed by atoms with Crippen LogP contribution >= 0.6 is 0 Å². The van der Waals surface area contributed by atoms with E-state index in [4.69, 9.17) is 4.74 Å². The summed E-state index contributed by atoms with van der Waals surface area (Å²) in [5.74, 6) is -0.727. The Bertz CT molecular complexity index is 1560. The third kappa shape index (κ3) is 7.84. The average Bonchev–Trinajstić information content (AvgIpc) is 3.69. The van der Waals surface area contributed by atoms with E-state index in [1.54, 1.807) is 45.7 Å². The smallest absolute Gasteiger partial charge is 0.416 e. The van der Waals surface area contributed by atoms with Gasteiger partial charge in [-0.3, -0.25) is 9.48 Å². The summed E-state index contributed by atoms with van der Waals surface area (Å²) in [7, 11) is 1.74. The van der Waals surface area contributed by atoms with E-state index in [-0.39, 0.29) is 61.9 Å². The molecule has 2 aliphatic rings. The summed E-state index contributed by atoms with van der Waals surface area (Å²) < 4.78 is 89.3. The number of carbonyl (C=O) groups excluding carboxylic acids is 2. The predicted molar refractivity (Wildman–Crippen MR) is 162 cm³/mol. The Balaban J connectivity index is 1.47. The summed E-state index contributed by atoms with van der Waals surface area (Å²) >= 11 is 0. The zero-order chi connectivity index (χ0) is 34.8. The van der Waals surface area contributed by atoms with Crippen molar-refractivity contribution in [3.63, 3.8) is 0 Å². The maximum Gasteiger partial charge on any atom is 0.416 e. The number of benzene rings is 1. The number of halogens is 6. The molecule has 2 saturated heterocycles. The van der Waals surface area contributed by atoms with E-state index in [1.807, 2.05) is 6.92 Å². The number of likely N-dealkylation sites (tertiary alicyclic amines) is 2. The van der Waals surface area contributed by atoms with E-state index >= 15 is 0 Å². The van der Waals surface area contributed by atoms with Gasteiger partial charge in [0.1, 0.15) is 0 Å². The molecule has 260 valence electrons. The molecule has 5 rings (SSSR count). The Morgan fingerprint density at radius 1 is 0.958 bits per heavy atom. The van der Waals surface area contributed by atoms with Crippen molar-refractivity contribution in [2.75, 3.05) is 31.1 Å². The number of piperidine rings is 1. The van der Waals surface area contributed by atoms with Crippen molar-refractivity contribution >= 4 is 17.9 Å². The fourth-order valence-electron chi connectivity index (χ4n) is 6.38. The number of hydrogen-bond donors (Lipinski definition) is 0. The van der Waals surface area contributed by atoms with Gasteiger partial charge in [-0.15, -0.1) is 0 Å². The number of esters is 1. The van der Waals surface area contributed by atoms with E-state index in [2.05, 4.69) is 15.1 Å². The minimum Gasteiger partial charge on any atom is -0.466 e. The van der Waals surface area contributed by atoms with Crippen molar-refractivity contribution in [2.45, 2.75) is 70.5 Å². The first kappa shape index (κ1) is 35.0. The van der Waals surface area contributed by atoms with Crippen molar-refractivity contribution in [3.8, 4) is 11.1 Å². The molecule has 0 N–H and O–H groups in total. The van der Waals surface area contributed by atoms with Gasteiger partial charge in [0, 0.05) is 69.0 Å². The molecular weight excluding hydrogens is 644 g/mol. The monoisotopic (exact) mass is 681 g/mol. The Hall–Kier alpha value is -4.37. The third-order valence-electron chi connectivity index (χ3n) is 8.80. The molecule has 2 aliphatic heterocycles. The molecule has 0 spiro atoms. The van der Waals surface area contributed by atoms with Crippen molar-refractivity contribution < 1.29 is 40.7 Å². The molecule has 2 fully saturated rings. The van der Waals surface area contributed by atoms with Crippen LogP contribution in [0, 0.1) is 5.92 Å². The van der Waals surface area contributed by atoms with Crippen LogP contribution in [0.3, 0.4) is 0 Å². The van der Waals surface area contributed by atoms with E-state index in [0.29, 0.717) is 49.9 Å². The summed E-state index contributed by atoms with van der Waals surface area (Å²) in [6, 6.07) is 0.380. The largest absolute Gasteiger partial charge is 0.466 e. The van der Waals surface area contributed by atoms with Gasteiger partial charge in [-0.25, -0.2) is 14.8 Å². The highest BCUT2D eigenvalue weighted by Crippen LogP contribution is 2.38. The lowest BCUT2D eigenvalue weighted by Crippen LogP contribution is -2.51. The van der Waals surface area contributed by atoms with E-state index < -0.39 is 35.4 Å². The summed E-state index contributed by atoms with van der Waals surface area (Å²) in [4.78, 5) is 40.1. The molecule has 1 aromatic carbocycles. The molecule has 2 aromatic heterocycles. The highest BCUT2D eigenvalue weighted by atomic mass is 19.4. The van der Waals surface area contributed by atoms with Gasteiger partial charge in [0.25, 0.3) is 0 Å². The van der Waals surface area contributed by atoms with Crippen molar-refractivity contribution in [2.24, 2.45) is 13.0 Å². The van der Waals surface area contributed by atoms with Gasteiger partial charge in [-0.1, -0.05) is 6.92 Å². The average molecular weight is 682 g/mol. The number of carbonyl (C=O) groups is 2. The van der Waals surface area contributed by atoms with Crippen LogP contribution in [0.25, 0.3) is 11.1 Å². The number of nitrogens with zero attached hydrogens (tertiary/aromatic N) is 7. The lowest BCUT2D eigenvalue weighted by molar-refractivity contribution is -0.149. The van der Waals surface area contributed by atoms with Gasteiger partial charge in [0.2, 0.25) is 5.95 Å². The molecule has 4 heterocycles. The second-order valence-electron chi connectivity index (χ2n) is 12.1. The molecule has 0 bridgehead atoms. The molecule has 3 aromatic rings. The number of rotatable bonds is 8. The van der Waals surface area contributed by atoms with Crippen molar-refractivity contribution in [1.29, 1.82) is 0 Å². The van der Waals surface area contributed by atoms with Crippen LogP contribution in [0.4, 0.5) is 37.1 Å². The van der Waals surface area contributed by atoms with Gasteiger partial charge in [0.05, 0.1) is 35.9 Å². The van der Waals surface area contributed by atoms with Crippen LogP contribution in [0.2, 0.25) is 0 Å². The molecule has 48 heavy (non-hydrogen) atoms. The van der Waals surface area contributed by atoms with Crippen LogP contribution in [0.15, 0.2) is 43.0 Å². The standard InChI is InChI=1S/C32H37F6N7O3/c1-4-26-12-27(19-45(26)30(47)43-8-6-7-21(18-43)28(46)48-5-2)44(29-39-13-22(14-40-29)23-15-41-42(3)17-23)16-20-9-24(31(33,34)35)11-25(10-20)32(36,37)38/h9-11,13-15,17,21,26-27H,4-8,12,16,18-19H2,1-3H3/t21-,26+,27-/m0/s1. The van der Waals surface area contributed by atoms with E-state index in [0.717, 1.165) is 5.56 Å². The molecule has 0 aliphatic carbocycles. The summed E-state index contributed by atoms with van der Waals surface area (Å²) in [6.07, 6.45) is -1.51. The van der Waals surface area contributed by atoms with E-state index in [1.165, 1.54) is 12.4 Å². The minimum atomic E-state index is -5.01. The van der Waals surface area contributed by atoms with Gasteiger partial charge in [0.15, 0.2) is 0 Å². The number of aryl methyl sites for hydroxylation is 1. The summed E-state index contributed by atoms with van der Waals surface area (Å²) in [5.41, 5.74) is -1.74. The summed E-state index contributed by atoms with van der Waals surface area (Å²) in [6.45, 7) is 4.23. The molecule has 16 heteroatoms. The van der Waals surface area contributed by atoms with Crippen molar-refractivity contribution in [1.82, 2.24) is 29.5 Å². The Labute approximate surface area is 273 Å². The zero-order valence-electron chi connectivity index (χ0n) is 26.8. The maximum absolute atomic E-state index is 13.9. The topological polar surface area (TPSA) is 96.7 Å². The van der Waals surface area contributed by atoms with Crippen LogP contribution < -0.4 is 4.90 Å². The molecule has 0 saturated carbocycles. The van der Waals surface area contributed by atoms with Gasteiger partial charge in [-0.2, -0.15) is 31.4 Å². The van der Waals surface area contributed by atoms with Crippen LogP contribution in [0.1, 0.15) is 56.2 Å². The molecular formula is C32H37F6N7O3. The van der Waals surface area contributed by atoms with Crippen molar-refractivity contribution in [3.05, 3.63) is 59.7 Å². The lowest BCUT2D eigenvalue weighted by Gasteiger charge is -2.36. The first-order valence-electron chi connectivity index (χ1n) is 15.8. The quantitative estimate of drug-likeness (QED) is 0.207. The second-order valence-corrected chi connectivity index (χ2v) is 12.1. The summed E-state index contributed by atoms with van der Waals surface area (Å²) in [5, 5.41) is 4.13. The molecule has 2 amide bonds. The Kier molecular flexibility index (Phi) is 10.2. The number of hydrogen-bond acceptors (Lipinski definition) is 7. The Morgan fingerprint density at radius 2 is 1.62 bits per heavy atom. The zero-order valence-corrected chi connectivity index (χ0v) is 26.8. The molecule has 3 atom stereocenters. The van der Waals surface area contributed by atoms with E-state index in [9.17, 15) is 35.9 Å². The fraction of sp³-hybridized carbons (Fsp3) is 0.531. The van der Waals surface area contributed by atoms with Gasteiger partial charge >= 0.3 is 24.4 Å². The molecule has 10 nitrogen and oxygen atoms in total. The second kappa shape index (κ2) is 14.0. The highest BCUT2D eigenvalue weighted by Gasteiger charge is 2.42. The third-order valence-corrected chi connectivity index (χ3v) is 8.80. The first-order valence-corrected chi connectivity index (χ1v) is 15.8.